The van der Waals surface area contributed by atoms with Crippen LogP contribution in [0.5, 0.6) is 5.75 Å². The molecule has 1 aromatic heterocycles. The van der Waals surface area contributed by atoms with Gasteiger partial charge in [0, 0.05) is 16.2 Å². The molecule has 3 aromatic rings. The lowest BCUT2D eigenvalue weighted by Crippen LogP contribution is -2.20. The molecule has 1 heterocycles. The largest absolute Gasteiger partial charge is 0.495 e. The van der Waals surface area contributed by atoms with Crippen LogP contribution in [0.25, 0.3) is 0 Å². The Morgan fingerprint density at radius 1 is 1.11 bits per heavy atom. The zero-order chi connectivity index (χ0) is 19.4. The molecule has 2 N–H and O–H groups in total. The van der Waals surface area contributed by atoms with E-state index >= 15 is 0 Å². The smallest absolute Gasteiger partial charge is 0.176 e. The molecule has 0 radical (unpaired) electrons. The molecule has 0 unspecified atom stereocenters. The fraction of sp³-hybridized carbons (Fsp3) is 0.111. The van der Waals surface area contributed by atoms with Crippen LogP contribution in [0, 0.1) is 0 Å². The van der Waals surface area contributed by atoms with Crippen LogP contribution in [-0.2, 0) is 6.54 Å². The molecule has 0 saturated carbocycles. The van der Waals surface area contributed by atoms with Crippen LogP contribution in [0.1, 0.15) is 5.56 Å². The lowest BCUT2D eigenvalue weighted by Gasteiger charge is -2.12. The van der Waals surface area contributed by atoms with E-state index in [2.05, 4.69) is 15.7 Å². The Labute approximate surface area is 177 Å². The van der Waals surface area contributed by atoms with Gasteiger partial charge in [-0.2, -0.15) is 5.10 Å². The van der Waals surface area contributed by atoms with Crippen molar-refractivity contribution in [2.45, 2.75) is 6.54 Å². The van der Waals surface area contributed by atoms with Gasteiger partial charge in [-0.05, 0) is 42.0 Å². The van der Waals surface area contributed by atoms with Gasteiger partial charge >= 0.3 is 0 Å². The van der Waals surface area contributed by atoms with Crippen molar-refractivity contribution in [2.75, 3.05) is 17.7 Å². The second-order valence-corrected chi connectivity index (χ2v) is 7.20. The molecular weight excluding hydrogens is 427 g/mol. The summed E-state index contributed by atoms with van der Waals surface area (Å²) in [7, 11) is 1.57. The van der Waals surface area contributed by atoms with E-state index < -0.39 is 0 Å². The van der Waals surface area contributed by atoms with Crippen LogP contribution in [0.2, 0.25) is 15.1 Å². The van der Waals surface area contributed by atoms with Crippen molar-refractivity contribution < 1.29 is 4.74 Å². The molecular formula is C18H15Cl3N4OS. The molecule has 2 aromatic carbocycles. The van der Waals surface area contributed by atoms with Crippen molar-refractivity contribution in [1.82, 2.24) is 9.78 Å². The number of benzene rings is 2. The van der Waals surface area contributed by atoms with Gasteiger partial charge in [0.05, 0.1) is 19.3 Å². The molecule has 5 nitrogen and oxygen atoms in total. The summed E-state index contributed by atoms with van der Waals surface area (Å²) in [6, 6.07) is 12.8. The van der Waals surface area contributed by atoms with Crippen molar-refractivity contribution >= 4 is 63.6 Å². The molecule has 0 bridgehead atoms. The Morgan fingerprint density at radius 3 is 2.63 bits per heavy atom. The highest BCUT2D eigenvalue weighted by atomic mass is 35.5. The lowest BCUT2D eigenvalue weighted by molar-refractivity contribution is 0.417. The minimum absolute atomic E-state index is 0.306. The first-order valence-corrected chi connectivity index (χ1v) is 9.38. The number of anilines is 2. The Morgan fingerprint density at radius 2 is 1.89 bits per heavy atom. The van der Waals surface area contributed by atoms with E-state index in [1.807, 2.05) is 24.3 Å². The third-order valence-corrected chi connectivity index (χ3v) is 4.73. The van der Waals surface area contributed by atoms with E-state index in [9.17, 15) is 0 Å². The molecule has 9 heteroatoms. The number of nitrogens with zero attached hydrogens (tertiary/aromatic N) is 2. The van der Waals surface area contributed by atoms with Gasteiger partial charge in [0.15, 0.2) is 10.9 Å². The Kier molecular flexibility index (Phi) is 6.44. The minimum atomic E-state index is 0.306. The maximum Gasteiger partial charge on any atom is 0.176 e. The summed E-state index contributed by atoms with van der Waals surface area (Å²) in [5.41, 5.74) is 1.57. The van der Waals surface area contributed by atoms with Crippen molar-refractivity contribution in [3.63, 3.8) is 0 Å². The van der Waals surface area contributed by atoms with E-state index in [-0.39, 0.29) is 0 Å². The third kappa shape index (κ3) is 5.05. The first kappa shape index (κ1) is 19.8. The topological polar surface area (TPSA) is 51.1 Å². The van der Waals surface area contributed by atoms with Gasteiger partial charge in [-0.3, -0.25) is 4.68 Å². The monoisotopic (exact) mass is 440 g/mol. The first-order chi connectivity index (χ1) is 13.0. The SMILES string of the molecule is COc1ccc(Cl)cc1NC(=S)Nc1nn(Cc2ccccc2Cl)cc1Cl. The van der Waals surface area contributed by atoms with Crippen molar-refractivity contribution in [3.8, 4) is 5.75 Å². The van der Waals surface area contributed by atoms with E-state index in [1.54, 1.807) is 36.2 Å². The Hall–Kier alpha value is -1.99. The Balaban J connectivity index is 1.71. The number of ether oxygens (including phenoxy) is 1. The normalized spacial score (nSPS) is 10.5. The predicted octanol–water partition coefficient (Wildman–Crippen LogP) is 5.71. The van der Waals surface area contributed by atoms with Crippen LogP contribution >= 0.6 is 47.0 Å². The quantitative estimate of drug-likeness (QED) is 0.497. The highest BCUT2D eigenvalue weighted by Gasteiger charge is 2.12. The highest BCUT2D eigenvalue weighted by Crippen LogP contribution is 2.28. The van der Waals surface area contributed by atoms with E-state index in [0.717, 1.165) is 5.56 Å². The molecule has 0 aliphatic heterocycles. The second-order valence-electron chi connectivity index (χ2n) is 5.54. The molecule has 0 saturated heterocycles. The molecule has 27 heavy (non-hydrogen) atoms. The number of rotatable bonds is 5. The molecule has 0 fully saturated rings. The number of aromatic nitrogens is 2. The van der Waals surface area contributed by atoms with Crippen LogP contribution in [0.15, 0.2) is 48.7 Å². The summed E-state index contributed by atoms with van der Waals surface area (Å²) in [5, 5.41) is 12.4. The summed E-state index contributed by atoms with van der Waals surface area (Å²) in [5.74, 6) is 1.04. The number of nitrogens with one attached hydrogen (secondary N) is 2. The maximum absolute atomic E-state index is 6.27. The fourth-order valence-corrected chi connectivity index (χ4v) is 3.17. The highest BCUT2D eigenvalue weighted by molar-refractivity contribution is 7.80. The van der Waals surface area contributed by atoms with Crippen molar-refractivity contribution in [2.24, 2.45) is 0 Å². The number of thiocarbonyl (C=S) groups is 1. The second kappa shape index (κ2) is 8.80. The van der Waals surface area contributed by atoms with Gasteiger partial charge in [-0.25, -0.2) is 0 Å². The van der Waals surface area contributed by atoms with Gasteiger partial charge in [0.1, 0.15) is 10.8 Å². The van der Waals surface area contributed by atoms with Gasteiger partial charge in [-0.15, -0.1) is 0 Å². The summed E-state index contributed by atoms with van der Waals surface area (Å²) in [6.45, 7) is 0.489. The molecule has 0 atom stereocenters. The van der Waals surface area contributed by atoms with Crippen LogP contribution < -0.4 is 15.4 Å². The summed E-state index contributed by atoms with van der Waals surface area (Å²) < 4.78 is 6.98. The van der Waals surface area contributed by atoms with Crippen LogP contribution in [-0.4, -0.2) is 22.0 Å². The maximum atomic E-state index is 6.27. The molecule has 0 amide bonds. The molecule has 0 aliphatic carbocycles. The van der Waals surface area contributed by atoms with Crippen LogP contribution in [0.3, 0.4) is 0 Å². The average molecular weight is 442 g/mol. The summed E-state index contributed by atoms with van der Waals surface area (Å²) >= 11 is 23.8. The summed E-state index contributed by atoms with van der Waals surface area (Å²) in [6.07, 6.45) is 1.70. The van der Waals surface area contributed by atoms with E-state index in [4.69, 9.17) is 51.8 Å². The van der Waals surface area contributed by atoms with Gasteiger partial charge in [0.25, 0.3) is 0 Å². The molecule has 0 aliphatic rings. The van der Waals surface area contributed by atoms with E-state index in [0.29, 0.717) is 44.0 Å². The van der Waals surface area contributed by atoms with Gasteiger partial charge < -0.3 is 15.4 Å². The molecule has 140 valence electrons. The first-order valence-electron chi connectivity index (χ1n) is 7.84. The standard InChI is InChI=1S/C18H15Cl3N4OS/c1-26-16-7-6-12(19)8-15(16)22-18(27)23-17-14(21)10-25(24-17)9-11-4-2-3-5-13(11)20/h2-8,10H,9H2,1H3,(H2,22,23,24,27). The predicted molar refractivity (Wildman–Crippen MR) is 116 cm³/mol. The van der Waals surface area contributed by atoms with Crippen molar-refractivity contribution in [3.05, 3.63) is 69.3 Å². The number of hydrogen-bond donors (Lipinski definition) is 2. The lowest BCUT2D eigenvalue weighted by atomic mass is 10.2. The van der Waals surface area contributed by atoms with Crippen molar-refractivity contribution in [1.29, 1.82) is 0 Å². The number of halogens is 3. The minimum Gasteiger partial charge on any atom is -0.495 e. The number of hydrogen-bond acceptors (Lipinski definition) is 3. The van der Waals surface area contributed by atoms with Gasteiger partial charge in [-0.1, -0.05) is 53.0 Å². The fourth-order valence-electron chi connectivity index (χ4n) is 2.40. The molecule has 0 spiro atoms. The van der Waals surface area contributed by atoms with Gasteiger partial charge in [0.2, 0.25) is 0 Å². The Bertz CT molecular complexity index is 977. The molecule has 3 rings (SSSR count). The average Bonchev–Trinajstić information content (AvgIpc) is 2.96. The zero-order valence-electron chi connectivity index (χ0n) is 14.2. The summed E-state index contributed by atoms with van der Waals surface area (Å²) in [4.78, 5) is 0. The van der Waals surface area contributed by atoms with Crippen LogP contribution in [0.4, 0.5) is 11.5 Å². The third-order valence-electron chi connectivity index (χ3n) is 3.65. The zero-order valence-corrected chi connectivity index (χ0v) is 17.3. The number of methoxy groups -OCH3 is 1. The van der Waals surface area contributed by atoms with E-state index in [1.165, 1.54) is 0 Å².